The molecule has 3 nitrogen and oxygen atoms in total. The van der Waals surface area contributed by atoms with Gasteiger partial charge in [0, 0.05) is 12.1 Å². The summed E-state index contributed by atoms with van der Waals surface area (Å²) in [6, 6.07) is 6.31. The third-order valence-corrected chi connectivity index (χ3v) is 3.25. The number of halogens is 2. The molecular formula is C14H13F2N3. The molecule has 1 aromatic carbocycles. The highest BCUT2D eigenvalue weighted by molar-refractivity contribution is 5.48. The van der Waals surface area contributed by atoms with Crippen molar-refractivity contribution >= 4 is 5.82 Å². The molecule has 0 atom stereocenters. The van der Waals surface area contributed by atoms with Crippen LogP contribution < -0.4 is 5.32 Å². The zero-order chi connectivity index (χ0) is 13.2. The van der Waals surface area contributed by atoms with Crippen LogP contribution in [-0.2, 0) is 19.4 Å². The van der Waals surface area contributed by atoms with Crippen molar-refractivity contribution in [2.45, 2.75) is 25.8 Å². The first-order valence-corrected chi connectivity index (χ1v) is 6.26. The molecule has 0 amide bonds. The molecule has 0 unspecified atom stereocenters. The molecule has 0 aliphatic heterocycles. The van der Waals surface area contributed by atoms with Crippen LogP contribution in [0.1, 0.15) is 23.2 Å². The quantitative estimate of drug-likeness (QED) is 0.863. The molecule has 1 aromatic heterocycles. The minimum Gasteiger partial charge on any atom is -0.366 e. The lowest BCUT2D eigenvalue weighted by Gasteiger charge is -2.10. The molecule has 5 heteroatoms. The smallest absolute Gasteiger partial charge is 0.310 e. The van der Waals surface area contributed by atoms with Gasteiger partial charge in [-0.1, -0.05) is 12.1 Å². The predicted molar refractivity (Wildman–Crippen MR) is 67.7 cm³/mol. The number of rotatable bonds is 3. The number of nitrogens with zero attached hydrogens (tertiary/aromatic N) is 2. The Hall–Kier alpha value is -2.04. The van der Waals surface area contributed by atoms with E-state index < -0.39 is 6.08 Å². The van der Waals surface area contributed by atoms with E-state index in [0.717, 1.165) is 36.1 Å². The summed E-state index contributed by atoms with van der Waals surface area (Å²) in [6.45, 7) is 0.417. The highest BCUT2D eigenvalue weighted by atomic mass is 19.1. The second kappa shape index (κ2) is 4.91. The average Bonchev–Trinajstić information content (AvgIpc) is 2.84. The standard InChI is InChI=1S/C14H13F2N3/c15-10-4-1-3-9(7-10)8-17-13-11-5-2-6-12(11)18-14(16)19-13/h1,3-4,7H,2,5-6,8H2,(H,17,18,19). The van der Waals surface area contributed by atoms with E-state index in [1.165, 1.54) is 12.1 Å². The van der Waals surface area contributed by atoms with Crippen molar-refractivity contribution in [1.82, 2.24) is 9.97 Å². The summed E-state index contributed by atoms with van der Waals surface area (Å²) in [6.07, 6.45) is 1.93. The van der Waals surface area contributed by atoms with Crippen molar-refractivity contribution in [2.24, 2.45) is 0 Å². The number of anilines is 1. The van der Waals surface area contributed by atoms with Gasteiger partial charge in [0.2, 0.25) is 0 Å². The van der Waals surface area contributed by atoms with E-state index in [1.54, 1.807) is 6.07 Å². The fraction of sp³-hybridized carbons (Fsp3) is 0.286. The van der Waals surface area contributed by atoms with Crippen molar-refractivity contribution in [3.8, 4) is 0 Å². The van der Waals surface area contributed by atoms with Gasteiger partial charge in [-0.2, -0.15) is 9.37 Å². The van der Waals surface area contributed by atoms with Gasteiger partial charge in [-0.15, -0.1) is 0 Å². The first kappa shape index (κ1) is 12.0. The van der Waals surface area contributed by atoms with Gasteiger partial charge in [0.05, 0.1) is 5.69 Å². The Labute approximate surface area is 109 Å². The van der Waals surface area contributed by atoms with Crippen LogP contribution in [-0.4, -0.2) is 9.97 Å². The van der Waals surface area contributed by atoms with Crippen LogP contribution in [0.3, 0.4) is 0 Å². The first-order chi connectivity index (χ1) is 9.22. The highest BCUT2D eigenvalue weighted by Gasteiger charge is 2.19. The summed E-state index contributed by atoms with van der Waals surface area (Å²) in [5.74, 6) is 0.252. The second-order valence-corrected chi connectivity index (χ2v) is 4.60. The summed E-state index contributed by atoms with van der Waals surface area (Å²) in [5, 5.41) is 3.07. The van der Waals surface area contributed by atoms with E-state index in [1.807, 2.05) is 6.07 Å². The zero-order valence-electron chi connectivity index (χ0n) is 10.3. The summed E-state index contributed by atoms with van der Waals surface area (Å²) >= 11 is 0. The SMILES string of the molecule is Fc1cccc(CNc2nc(F)nc3c2CCC3)c1. The summed E-state index contributed by atoms with van der Waals surface area (Å²) in [7, 11) is 0. The molecule has 0 fully saturated rings. The molecule has 0 bridgehead atoms. The highest BCUT2D eigenvalue weighted by Crippen LogP contribution is 2.26. The number of aryl methyl sites for hydroxylation is 1. The van der Waals surface area contributed by atoms with Crippen LogP contribution in [0, 0.1) is 11.9 Å². The number of hydrogen-bond acceptors (Lipinski definition) is 3. The Morgan fingerprint density at radius 1 is 1.16 bits per heavy atom. The number of aromatic nitrogens is 2. The second-order valence-electron chi connectivity index (χ2n) is 4.60. The monoisotopic (exact) mass is 261 g/mol. The molecule has 1 N–H and O–H groups in total. The van der Waals surface area contributed by atoms with Gasteiger partial charge >= 0.3 is 6.08 Å². The van der Waals surface area contributed by atoms with Gasteiger partial charge in [-0.05, 0) is 37.0 Å². The Kier molecular flexibility index (Phi) is 3.11. The van der Waals surface area contributed by atoms with Crippen molar-refractivity contribution in [3.63, 3.8) is 0 Å². The lowest BCUT2D eigenvalue weighted by molar-refractivity contribution is 0.534. The van der Waals surface area contributed by atoms with E-state index in [-0.39, 0.29) is 5.82 Å². The Morgan fingerprint density at radius 3 is 2.89 bits per heavy atom. The van der Waals surface area contributed by atoms with E-state index in [0.29, 0.717) is 12.4 Å². The number of benzene rings is 1. The van der Waals surface area contributed by atoms with Gasteiger partial charge < -0.3 is 5.32 Å². The van der Waals surface area contributed by atoms with Crippen molar-refractivity contribution < 1.29 is 8.78 Å². The molecule has 1 aliphatic carbocycles. The molecule has 1 heterocycles. The van der Waals surface area contributed by atoms with E-state index in [4.69, 9.17) is 0 Å². The van der Waals surface area contributed by atoms with Crippen molar-refractivity contribution in [1.29, 1.82) is 0 Å². The van der Waals surface area contributed by atoms with Crippen LogP contribution in [0.2, 0.25) is 0 Å². The van der Waals surface area contributed by atoms with E-state index >= 15 is 0 Å². The third kappa shape index (κ3) is 2.54. The van der Waals surface area contributed by atoms with Gasteiger partial charge in [-0.3, -0.25) is 0 Å². The van der Waals surface area contributed by atoms with Crippen LogP contribution >= 0.6 is 0 Å². The van der Waals surface area contributed by atoms with E-state index in [9.17, 15) is 8.78 Å². The van der Waals surface area contributed by atoms with E-state index in [2.05, 4.69) is 15.3 Å². The van der Waals surface area contributed by atoms with Crippen molar-refractivity contribution in [3.05, 3.63) is 53.0 Å². The Morgan fingerprint density at radius 2 is 2.05 bits per heavy atom. The molecular weight excluding hydrogens is 248 g/mol. The topological polar surface area (TPSA) is 37.8 Å². The van der Waals surface area contributed by atoms with Crippen LogP contribution in [0.4, 0.5) is 14.6 Å². The maximum atomic E-state index is 13.3. The Balaban J connectivity index is 1.81. The molecule has 98 valence electrons. The average molecular weight is 261 g/mol. The number of fused-ring (bicyclic) bond motifs is 1. The minimum absolute atomic E-state index is 0.279. The Bertz CT molecular complexity index is 614. The van der Waals surface area contributed by atoms with Gasteiger partial charge in [0.25, 0.3) is 0 Å². The predicted octanol–water partition coefficient (Wildman–Crippen LogP) is 2.86. The fourth-order valence-electron chi connectivity index (χ4n) is 2.38. The molecule has 0 saturated carbocycles. The number of hydrogen-bond donors (Lipinski definition) is 1. The molecule has 3 rings (SSSR count). The zero-order valence-corrected chi connectivity index (χ0v) is 10.3. The maximum Gasteiger partial charge on any atom is 0.310 e. The lowest BCUT2D eigenvalue weighted by atomic mass is 10.2. The van der Waals surface area contributed by atoms with Crippen LogP contribution in [0.25, 0.3) is 0 Å². The summed E-state index contributed by atoms with van der Waals surface area (Å²) in [5.41, 5.74) is 2.57. The van der Waals surface area contributed by atoms with Crippen LogP contribution in [0.15, 0.2) is 24.3 Å². The molecule has 1 aliphatic rings. The molecule has 0 saturated heterocycles. The minimum atomic E-state index is -0.706. The molecule has 0 radical (unpaired) electrons. The first-order valence-electron chi connectivity index (χ1n) is 6.26. The normalized spacial score (nSPS) is 13.4. The maximum absolute atomic E-state index is 13.3. The van der Waals surface area contributed by atoms with Crippen LogP contribution in [0.5, 0.6) is 0 Å². The van der Waals surface area contributed by atoms with Gasteiger partial charge in [0.15, 0.2) is 0 Å². The van der Waals surface area contributed by atoms with Gasteiger partial charge in [0.1, 0.15) is 11.6 Å². The summed E-state index contributed by atoms with van der Waals surface area (Å²) < 4.78 is 26.4. The molecule has 19 heavy (non-hydrogen) atoms. The molecule has 2 aromatic rings. The lowest BCUT2D eigenvalue weighted by Crippen LogP contribution is -2.08. The van der Waals surface area contributed by atoms with Crippen molar-refractivity contribution in [2.75, 3.05) is 5.32 Å². The number of nitrogens with one attached hydrogen (secondary N) is 1. The fourth-order valence-corrected chi connectivity index (χ4v) is 2.38. The largest absolute Gasteiger partial charge is 0.366 e. The third-order valence-electron chi connectivity index (χ3n) is 3.25. The molecule has 0 spiro atoms. The van der Waals surface area contributed by atoms with Gasteiger partial charge in [-0.25, -0.2) is 9.37 Å². The summed E-state index contributed by atoms with van der Waals surface area (Å²) in [4.78, 5) is 7.61.